The van der Waals surface area contributed by atoms with E-state index in [1.165, 1.54) is 6.26 Å². The van der Waals surface area contributed by atoms with E-state index in [9.17, 15) is 13.5 Å². The van der Waals surface area contributed by atoms with Gasteiger partial charge in [0.15, 0.2) is 9.84 Å². The van der Waals surface area contributed by atoms with Crippen LogP contribution in [0.15, 0.2) is 0 Å². The van der Waals surface area contributed by atoms with Crippen LogP contribution in [-0.2, 0) is 14.6 Å². The molecule has 0 aromatic rings. The summed E-state index contributed by atoms with van der Waals surface area (Å²) in [6.07, 6.45) is 8.23. The summed E-state index contributed by atoms with van der Waals surface area (Å²) < 4.78 is 28.9. The van der Waals surface area contributed by atoms with E-state index in [0.717, 1.165) is 38.7 Å². The first-order chi connectivity index (χ1) is 8.42. The Labute approximate surface area is 110 Å². The van der Waals surface area contributed by atoms with Gasteiger partial charge < -0.3 is 9.84 Å². The van der Waals surface area contributed by atoms with E-state index in [2.05, 4.69) is 0 Å². The molecular weight excluding hydrogens is 252 g/mol. The first-order valence-electron chi connectivity index (χ1n) is 6.95. The summed E-state index contributed by atoms with van der Waals surface area (Å²) in [4.78, 5) is 0. The average Bonchev–Trinajstić information content (AvgIpc) is 2.86. The third kappa shape index (κ3) is 3.25. The second-order valence-electron chi connectivity index (χ2n) is 5.84. The molecule has 2 fully saturated rings. The van der Waals surface area contributed by atoms with Gasteiger partial charge in [0, 0.05) is 12.9 Å². The standard InChI is InChI=1S/C13H24O4S/c1-18(15,16)12-7-3-9-13(12,14)8-2-5-11-6-4-10-17-11/h11-12,14H,2-10H2,1H3. The van der Waals surface area contributed by atoms with Gasteiger partial charge in [-0.3, -0.25) is 0 Å². The summed E-state index contributed by atoms with van der Waals surface area (Å²) in [5, 5.41) is 9.98. The minimum Gasteiger partial charge on any atom is -0.389 e. The van der Waals surface area contributed by atoms with Crippen molar-refractivity contribution in [1.82, 2.24) is 0 Å². The van der Waals surface area contributed by atoms with E-state index >= 15 is 0 Å². The zero-order valence-corrected chi connectivity index (χ0v) is 11.9. The lowest BCUT2D eigenvalue weighted by Gasteiger charge is -2.29. The normalized spacial score (nSPS) is 37.2. The topological polar surface area (TPSA) is 63.6 Å². The molecule has 1 saturated carbocycles. The first kappa shape index (κ1) is 14.3. The molecule has 1 aliphatic heterocycles. The highest BCUT2D eigenvalue weighted by atomic mass is 32.2. The monoisotopic (exact) mass is 276 g/mol. The van der Waals surface area contributed by atoms with Gasteiger partial charge in [0.1, 0.15) is 0 Å². The van der Waals surface area contributed by atoms with Gasteiger partial charge in [-0.25, -0.2) is 8.42 Å². The van der Waals surface area contributed by atoms with Crippen molar-refractivity contribution in [2.45, 2.75) is 68.3 Å². The van der Waals surface area contributed by atoms with E-state index in [0.29, 0.717) is 25.4 Å². The van der Waals surface area contributed by atoms with Crippen molar-refractivity contribution in [3.8, 4) is 0 Å². The molecule has 3 unspecified atom stereocenters. The zero-order valence-electron chi connectivity index (χ0n) is 11.1. The second-order valence-corrected chi connectivity index (χ2v) is 8.07. The largest absolute Gasteiger partial charge is 0.389 e. The number of hydrogen-bond donors (Lipinski definition) is 1. The Kier molecular flexibility index (Phi) is 4.34. The van der Waals surface area contributed by atoms with E-state index < -0.39 is 20.7 Å². The third-order valence-corrected chi connectivity index (χ3v) is 6.06. The fraction of sp³-hybridized carbons (Fsp3) is 1.00. The molecule has 0 aromatic heterocycles. The maximum absolute atomic E-state index is 11.7. The lowest BCUT2D eigenvalue weighted by molar-refractivity contribution is 0.0325. The molecule has 3 atom stereocenters. The molecule has 0 aromatic carbocycles. The Balaban J connectivity index is 1.86. The van der Waals surface area contributed by atoms with Gasteiger partial charge in [-0.2, -0.15) is 0 Å². The van der Waals surface area contributed by atoms with Gasteiger partial charge in [-0.15, -0.1) is 0 Å². The smallest absolute Gasteiger partial charge is 0.153 e. The van der Waals surface area contributed by atoms with Crippen LogP contribution in [0.2, 0.25) is 0 Å². The highest BCUT2D eigenvalue weighted by Crippen LogP contribution is 2.38. The van der Waals surface area contributed by atoms with Crippen molar-refractivity contribution >= 4 is 9.84 Å². The molecule has 1 N–H and O–H groups in total. The van der Waals surface area contributed by atoms with E-state index in [1.54, 1.807) is 0 Å². The summed E-state index contributed by atoms with van der Waals surface area (Å²) in [5.74, 6) is 0. The molecule has 1 heterocycles. The number of sulfone groups is 1. The van der Waals surface area contributed by atoms with Crippen LogP contribution < -0.4 is 0 Å². The maximum atomic E-state index is 11.7. The van der Waals surface area contributed by atoms with Crippen LogP contribution in [0.4, 0.5) is 0 Å². The molecule has 2 rings (SSSR count). The van der Waals surface area contributed by atoms with Crippen LogP contribution in [0.3, 0.4) is 0 Å². The lowest BCUT2D eigenvalue weighted by Crippen LogP contribution is -2.42. The minimum atomic E-state index is -3.14. The van der Waals surface area contributed by atoms with Crippen LogP contribution in [-0.4, -0.2) is 43.3 Å². The second kappa shape index (κ2) is 5.47. The van der Waals surface area contributed by atoms with Crippen molar-refractivity contribution in [1.29, 1.82) is 0 Å². The molecule has 5 heteroatoms. The van der Waals surface area contributed by atoms with Gasteiger partial charge in [-0.05, 0) is 51.4 Å². The van der Waals surface area contributed by atoms with Gasteiger partial charge >= 0.3 is 0 Å². The summed E-state index contributed by atoms with van der Waals surface area (Å²) in [7, 11) is -3.14. The van der Waals surface area contributed by atoms with Crippen LogP contribution in [0.5, 0.6) is 0 Å². The molecule has 0 radical (unpaired) electrons. The average molecular weight is 276 g/mol. The quantitative estimate of drug-likeness (QED) is 0.829. The number of rotatable bonds is 5. The summed E-state index contributed by atoms with van der Waals surface area (Å²) in [6, 6.07) is 0. The van der Waals surface area contributed by atoms with E-state index in [1.807, 2.05) is 0 Å². The summed E-state index contributed by atoms with van der Waals surface area (Å²) >= 11 is 0. The van der Waals surface area contributed by atoms with Gasteiger partial charge in [-0.1, -0.05) is 0 Å². The fourth-order valence-electron chi connectivity index (χ4n) is 3.43. The van der Waals surface area contributed by atoms with Crippen LogP contribution >= 0.6 is 0 Å². The highest BCUT2D eigenvalue weighted by Gasteiger charge is 2.46. The Morgan fingerprint density at radius 3 is 2.72 bits per heavy atom. The number of aliphatic hydroxyl groups is 1. The molecule has 106 valence electrons. The van der Waals surface area contributed by atoms with Crippen molar-refractivity contribution < 1.29 is 18.3 Å². The van der Waals surface area contributed by atoms with E-state index in [-0.39, 0.29) is 0 Å². The molecule has 1 saturated heterocycles. The molecule has 1 aliphatic carbocycles. The molecule has 2 aliphatic rings. The molecule has 0 bridgehead atoms. The summed E-state index contributed by atoms with van der Waals surface area (Å²) in [5.41, 5.74) is -0.994. The Morgan fingerprint density at radius 2 is 2.11 bits per heavy atom. The minimum absolute atomic E-state index is 0.326. The lowest BCUT2D eigenvalue weighted by atomic mass is 9.93. The SMILES string of the molecule is CS(=O)(=O)C1CCCC1(O)CCCC1CCCO1. The maximum Gasteiger partial charge on any atom is 0.153 e. The fourth-order valence-corrected chi connectivity index (χ4v) is 5.06. The van der Waals surface area contributed by atoms with Crippen LogP contribution in [0.25, 0.3) is 0 Å². The number of hydrogen-bond acceptors (Lipinski definition) is 4. The van der Waals surface area contributed by atoms with Crippen molar-refractivity contribution in [3.05, 3.63) is 0 Å². The van der Waals surface area contributed by atoms with Crippen molar-refractivity contribution in [2.24, 2.45) is 0 Å². The Morgan fingerprint density at radius 1 is 1.33 bits per heavy atom. The van der Waals surface area contributed by atoms with Gasteiger partial charge in [0.25, 0.3) is 0 Å². The Hall–Kier alpha value is -0.130. The van der Waals surface area contributed by atoms with Crippen molar-refractivity contribution in [2.75, 3.05) is 12.9 Å². The predicted molar refractivity (Wildman–Crippen MR) is 70.3 cm³/mol. The molecule has 18 heavy (non-hydrogen) atoms. The van der Waals surface area contributed by atoms with Crippen LogP contribution in [0, 0.1) is 0 Å². The Bertz CT molecular complexity index is 372. The molecule has 0 spiro atoms. The van der Waals surface area contributed by atoms with Crippen molar-refractivity contribution in [3.63, 3.8) is 0 Å². The van der Waals surface area contributed by atoms with Gasteiger partial charge in [0.2, 0.25) is 0 Å². The third-order valence-electron chi connectivity index (χ3n) is 4.35. The van der Waals surface area contributed by atoms with Gasteiger partial charge in [0.05, 0.1) is 17.0 Å². The molecular formula is C13H24O4S. The molecule has 0 amide bonds. The number of ether oxygens (including phenoxy) is 1. The molecule has 4 nitrogen and oxygen atoms in total. The highest BCUT2D eigenvalue weighted by molar-refractivity contribution is 7.91. The predicted octanol–water partition coefficient (Wildman–Crippen LogP) is 1.66. The zero-order chi connectivity index (χ0) is 13.2. The van der Waals surface area contributed by atoms with Crippen LogP contribution in [0.1, 0.15) is 51.4 Å². The summed E-state index contributed by atoms with van der Waals surface area (Å²) in [6.45, 7) is 0.848. The van der Waals surface area contributed by atoms with E-state index in [4.69, 9.17) is 4.74 Å². The first-order valence-corrected chi connectivity index (χ1v) is 8.90.